The summed E-state index contributed by atoms with van der Waals surface area (Å²) in [6.07, 6.45) is 0.814. The van der Waals surface area contributed by atoms with Gasteiger partial charge in [-0.25, -0.2) is 4.79 Å². The van der Waals surface area contributed by atoms with Crippen molar-refractivity contribution in [1.29, 1.82) is 0 Å². The second-order valence-electron chi connectivity index (χ2n) is 2.34. The summed E-state index contributed by atoms with van der Waals surface area (Å²) in [7, 11) is 0. The van der Waals surface area contributed by atoms with Crippen molar-refractivity contribution in [2.45, 2.75) is 13.0 Å². The van der Waals surface area contributed by atoms with Gasteiger partial charge in [0.25, 0.3) is 0 Å². The monoisotopic (exact) mass is 140 g/mol. The predicted octanol–water partition coefficient (Wildman–Crippen LogP) is -0.224. The molecule has 0 unspecified atom stereocenters. The van der Waals surface area contributed by atoms with Gasteiger partial charge in [0.05, 0.1) is 18.9 Å². The van der Waals surface area contributed by atoms with Crippen LogP contribution in [0.1, 0.15) is 11.4 Å². The van der Waals surface area contributed by atoms with Crippen molar-refractivity contribution >= 4 is 0 Å². The van der Waals surface area contributed by atoms with E-state index in [0.29, 0.717) is 13.2 Å². The Morgan fingerprint density at radius 2 is 2.10 bits per heavy atom. The first kappa shape index (κ1) is 5.73. The molecule has 0 amide bonds. The van der Waals surface area contributed by atoms with Gasteiger partial charge in [-0.15, -0.1) is 0 Å². The van der Waals surface area contributed by atoms with Gasteiger partial charge < -0.3 is 14.7 Å². The number of aromatic amines is 2. The van der Waals surface area contributed by atoms with Gasteiger partial charge in [-0.3, -0.25) is 0 Å². The van der Waals surface area contributed by atoms with Gasteiger partial charge in [-0.1, -0.05) is 0 Å². The lowest BCUT2D eigenvalue weighted by atomic mass is 10.2. The second kappa shape index (κ2) is 1.98. The van der Waals surface area contributed by atoms with E-state index in [2.05, 4.69) is 9.97 Å². The minimum atomic E-state index is -0.129. The molecule has 4 heteroatoms. The van der Waals surface area contributed by atoms with Crippen LogP contribution in [-0.2, 0) is 17.8 Å². The van der Waals surface area contributed by atoms with Crippen LogP contribution >= 0.6 is 0 Å². The fourth-order valence-corrected chi connectivity index (χ4v) is 1.14. The molecular formula is C6H8N2O2. The van der Waals surface area contributed by atoms with Crippen LogP contribution in [0, 0.1) is 0 Å². The number of aromatic nitrogens is 2. The summed E-state index contributed by atoms with van der Waals surface area (Å²) in [5.41, 5.74) is 1.77. The van der Waals surface area contributed by atoms with E-state index in [1.807, 2.05) is 0 Å². The molecule has 54 valence electrons. The molecule has 1 aliphatic rings. The van der Waals surface area contributed by atoms with Gasteiger partial charge in [-0.05, 0) is 0 Å². The summed E-state index contributed by atoms with van der Waals surface area (Å²) >= 11 is 0. The van der Waals surface area contributed by atoms with Crippen LogP contribution in [-0.4, -0.2) is 16.6 Å². The van der Waals surface area contributed by atoms with Crippen LogP contribution in [0.15, 0.2) is 4.79 Å². The number of nitrogens with one attached hydrogen (secondary N) is 2. The van der Waals surface area contributed by atoms with E-state index in [4.69, 9.17) is 4.74 Å². The molecule has 10 heavy (non-hydrogen) atoms. The summed E-state index contributed by atoms with van der Waals surface area (Å²) in [6, 6.07) is 0. The van der Waals surface area contributed by atoms with E-state index >= 15 is 0 Å². The van der Waals surface area contributed by atoms with E-state index in [9.17, 15) is 4.79 Å². The number of hydrogen-bond donors (Lipinski definition) is 2. The molecule has 0 saturated carbocycles. The summed E-state index contributed by atoms with van der Waals surface area (Å²) in [4.78, 5) is 16.1. The van der Waals surface area contributed by atoms with Crippen LogP contribution in [0.3, 0.4) is 0 Å². The summed E-state index contributed by atoms with van der Waals surface area (Å²) in [5, 5.41) is 0. The highest BCUT2D eigenvalue weighted by Crippen LogP contribution is 2.08. The first-order valence-electron chi connectivity index (χ1n) is 3.24. The fourth-order valence-electron chi connectivity index (χ4n) is 1.14. The second-order valence-corrected chi connectivity index (χ2v) is 2.34. The van der Waals surface area contributed by atoms with Crippen LogP contribution in [0.2, 0.25) is 0 Å². The third kappa shape index (κ3) is 0.769. The molecule has 4 nitrogen and oxygen atoms in total. The normalized spacial score (nSPS) is 16.8. The van der Waals surface area contributed by atoms with Gasteiger partial charge in [-0.2, -0.15) is 0 Å². The minimum Gasteiger partial charge on any atom is -0.375 e. The van der Waals surface area contributed by atoms with Crippen LogP contribution in [0.5, 0.6) is 0 Å². The van der Waals surface area contributed by atoms with E-state index in [0.717, 1.165) is 17.8 Å². The van der Waals surface area contributed by atoms with Crippen LogP contribution in [0.4, 0.5) is 0 Å². The minimum absolute atomic E-state index is 0.129. The van der Waals surface area contributed by atoms with Gasteiger partial charge >= 0.3 is 5.69 Å². The maximum atomic E-state index is 10.7. The molecule has 2 rings (SSSR count). The number of rotatable bonds is 0. The van der Waals surface area contributed by atoms with Crippen LogP contribution < -0.4 is 5.69 Å². The third-order valence-corrected chi connectivity index (χ3v) is 1.64. The first-order valence-corrected chi connectivity index (χ1v) is 3.24. The highest BCUT2D eigenvalue weighted by Gasteiger charge is 2.11. The molecule has 2 N–H and O–H groups in total. The lowest BCUT2D eigenvalue weighted by Gasteiger charge is -2.09. The molecule has 2 heterocycles. The Balaban J connectivity index is 2.50. The van der Waals surface area contributed by atoms with Crippen molar-refractivity contribution < 1.29 is 4.74 Å². The van der Waals surface area contributed by atoms with E-state index < -0.39 is 0 Å². The van der Waals surface area contributed by atoms with Gasteiger partial charge in [0, 0.05) is 12.1 Å². The Hall–Kier alpha value is -1.03. The lowest BCUT2D eigenvalue weighted by Crippen LogP contribution is -2.08. The van der Waals surface area contributed by atoms with Crippen molar-refractivity contribution in [1.82, 2.24) is 9.97 Å². The third-order valence-electron chi connectivity index (χ3n) is 1.64. The van der Waals surface area contributed by atoms with E-state index in [1.165, 1.54) is 0 Å². The van der Waals surface area contributed by atoms with Crippen molar-refractivity contribution in [3.8, 4) is 0 Å². The summed E-state index contributed by atoms with van der Waals surface area (Å²) in [5.74, 6) is 0. The quantitative estimate of drug-likeness (QED) is 0.523. The number of imidazole rings is 1. The zero-order valence-electron chi connectivity index (χ0n) is 5.44. The number of ether oxygens (including phenoxy) is 1. The van der Waals surface area contributed by atoms with Crippen molar-refractivity contribution in [2.24, 2.45) is 0 Å². The molecular weight excluding hydrogens is 132 g/mol. The average molecular weight is 140 g/mol. The Morgan fingerprint density at radius 3 is 2.90 bits per heavy atom. The molecule has 0 saturated heterocycles. The molecule has 0 spiro atoms. The predicted molar refractivity (Wildman–Crippen MR) is 34.8 cm³/mol. The van der Waals surface area contributed by atoms with Gasteiger partial charge in [0.15, 0.2) is 0 Å². The molecule has 0 bridgehead atoms. The zero-order chi connectivity index (χ0) is 6.97. The molecule has 0 fully saturated rings. The number of fused-ring (bicyclic) bond motifs is 1. The Bertz CT molecular complexity index is 260. The summed E-state index contributed by atoms with van der Waals surface area (Å²) < 4.78 is 5.12. The largest absolute Gasteiger partial charge is 0.375 e. The smallest absolute Gasteiger partial charge is 0.323 e. The van der Waals surface area contributed by atoms with E-state index in [1.54, 1.807) is 0 Å². The summed E-state index contributed by atoms with van der Waals surface area (Å²) in [6.45, 7) is 1.24. The lowest BCUT2D eigenvalue weighted by molar-refractivity contribution is 0.107. The molecule has 1 aromatic rings. The standard InChI is InChI=1S/C6H8N2O2/c9-6-7-4-1-2-10-3-5(4)8-6/h1-3H2,(H2,7,8,9). The zero-order valence-corrected chi connectivity index (χ0v) is 5.44. The Kier molecular flexibility index (Phi) is 1.14. The molecule has 1 aromatic heterocycles. The highest BCUT2D eigenvalue weighted by atomic mass is 16.5. The van der Waals surface area contributed by atoms with Gasteiger partial charge in [0.2, 0.25) is 0 Å². The average Bonchev–Trinajstić information content (AvgIpc) is 2.27. The number of H-pyrrole nitrogens is 2. The maximum absolute atomic E-state index is 10.7. The van der Waals surface area contributed by atoms with Gasteiger partial charge in [0.1, 0.15) is 0 Å². The molecule has 0 aromatic carbocycles. The van der Waals surface area contributed by atoms with Crippen molar-refractivity contribution in [3.05, 3.63) is 21.9 Å². The molecule has 0 atom stereocenters. The SMILES string of the molecule is O=c1[nH]c2c([nH]1)COCC2. The van der Waals surface area contributed by atoms with Crippen LogP contribution in [0.25, 0.3) is 0 Å². The molecule has 1 aliphatic heterocycles. The fraction of sp³-hybridized carbons (Fsp3) is 0.500. The first-order chi connectivity index (χ1) is 4.86. The van der Waals surface area contributed by atoms with Crippen molar-refractivity contribution in [3.63, 3.8) is 0 Å². The topological polar surface area (TPSA) is 57.9 Å². The van der Waals surface area contributed by atoms with E-state index in [-0.39, 0.29) is 5.69 Å². The Morgan fingerprint density at radius 1 is 1.30 bits per heavy atom. The molecule has 0 radical (unpaired) electrons. The maximum Gasteiger partial charge on any atom is 0.323 e. The Labute approximate surface area is 57.2 Å². The highest BCUT2D eigenvalue weighted by molar-refractivity contribution is 5.11. The van der Waals surface area contributed by atoms with Crippen molar-refractivity contribution in [2.75, 3.05) is 6.61 Å². The number of hydrogen-bond acceptors (Lipinski definition) is 2. The molecule has 0 aliphatic carbocycles.